The molecule has 2 unspecified atom stereocenters. The van der Waals surface area contributed by atoms with Gasteiger partial charge in [0.25, 0.3) is 18.2 Å². The first-order valence-corrected chi connectivity index (χ1v) is 11.4. The highest BCUT2D eigenvalue weighted by Gasteiger charge is 2.38. The number of carbonyl (C=O) groups excluding carboxylic acids is 2. The summed E-state index contributed by atoms with van der Waals surface area (Å²) >= 11 is 0. The van der Waals surface area contributed by atoms with E-state index in [1.54, 1.807) is 38.1 Å². The van der Waals surface area contributed by atoms with E-state index in [1.165, 1.54) is 12.3 Å². The first-order valence-electron chi connectivity index (χ1n) is 11.4. The number of carboxylic acid groups (broad SMARTS) is 1. The molecule has 4 rings (SSSR count). The molecule has 0 saturated heterocycles. The van der Waals surface area contributed by atoms with E-state index in [0.29, 0.717) is 29.7 Å². The number of aromatic nitrogens is 3. The molecule has 1 aliphatic rings. The van der Waals surface area contributed by atoms with Gasteiger partial charge in [0.1, 0.15) is 11.7 Å². The van der Waals surface area contributed by atoms with Crippen molar-refractivity contribution in [2.75, 3.05) is 0 Å². The van der Waals surface area contributed by atoms with Gasteiger partial charge in [-0.3, -0.25) is 14.7 Å². The fourth-order valence-electron chi connectivity index (χ4n) is 3.71. The third-order valence-electron chi connectivity index (χ3n) is 5.88. The van der Waals surface area contributed by atoms with Crippen molar-refractivity contribution < 1.29 is 32.7 Å². The van der Waals surface area contributed by atoms with Gasteiger partial charge in [-0.1, -0.05) is 26.0 Å². The minimum atomic E-state index is -2.64. The third-order valence-corrected chi connectivity index (χ3v) is 5.88. The second kappa shape index (κ2) is 10.3. The topological polar surface area (TPSA) is 150 Å². The van der Waals surface area contributed by atoms with Crippen LogP contribution in [0.2, 0.25) is 0 Å². The summed E-state index contributed by atoms with van der Waals surface area (Å²) in [6, 6.07) is 5.97. The zero-order chi connectivity index (χ0) is 26.0. The summed E-state index contributed by atoms with van der Waals surface area (Å²) in [5.74, 6) is -3.09. The number of halogens is 2. The molecule has 2 aromatic heterocycles. The molecule has 0 radical (unpaired) electrons. The maximum Gasteiger partial charge on any atom is 0.326 e. The van der Waals surface area contributed by atoms with E-state index in [1.807, 2.05) is 0 Å². The normalized spacial score (nSPS) is 15.1. The summed E-state index contributed by atoms with van der Waals surface area (Å²) in [7, 11) is 0. The molecule has 4 N–H and O–H groups in total. The number of nitrogens with zero attached hydrogens (tertiary/aromatic N) is 2. The Labute approximate surface area is 204 Å². The zero-order valence-electron chi connectivity index (χ0n) is 19.5. The van der Waals surface area contributed by atoms with Crippen molar-refractivity contribution in [1.82, 2.24) is 25.8 Å². The van der Waals surface area contributed by atoms with Gasteiger partial charge in [0, 0.05) is 11.1 Å². The summed E-state index contributed by atoms with van der Waals surface area (Å²) in [5, 5.41) is 20.7. The van der Waals surface area contributed by atoms with Crippen molar-refractivity contribution in [3.05, 3.63) is 48.0 Å². The lowest BCUT2D eigenvalue weighted by Gasteiger charge is -2.16. The van der Waals surface area contributed by atoms with Crippen LogP contribution >= 0.6 is 0 Å². The molecular formula is C24H25F2N5O5. The first-order chi connectivity index (χ1) is 17.1. The molecule has 3 aromatic rings. The Bertz CT molecular complexity index is 1270. The quantitative estimate of drug-likeness (QED) is 0.333. The number of rotatable bonds is 10. The number of amides is 2. The number of alkyl halides is 2. The number of H-pyrrole nitrogens is 1. The van der Waals surface area contributed by atoms with Gasteiger partial charge < -0.3 is 20.2 Å². The smallest absolute Gasteiger partial charge is 0.326 e. The monoisotopic (exact) mass is 501 g/mol. The fraction of sp³-hybridized carbons (Fsp3) is 0.375. The van der Waals surface area contributed by atoms with Crippen molar-refractivity contribution >= 4 is 17.8 Å². The molecule has 190 valence electrons. The van der Waals surface area contributed by atoms with Gasteiger partial charge in [-0.05, 0) is 42.9 Å². The van der Waals surface area contributed by atoms with Crippen LogP contribution in [-0.2, 0) is 4.79 Å². The Morgan fingerprint density at radius 3 is 2.47 bits per heavy atom. The number of hydrogen-bond donors (Lipinski definition) is 4. The molecule has 12 heteroatoms. The van der Waals surface area contributed by atoms with Gasteiger partial charge in [0.05, 0.1) is 17.9 Å². The molecule has 0 aliphatic heterocycles. The average Bonchev–Trinajstić information content (AvgIpc) is 3.33. The Morgan fingerprint density at radius 1 is 1.11 bits per heavy atom. The summed E-state index contributed by atoms with van der Waals surface area (Å²) in [6.07, 6.45) is -0.113. The van der Waals surface area contributed by atoms with Gasteiger partial charge in [0.15, 0.2) is 0 Å². The second-order valence-electron chi connectivity index (χ2n) is 8.98. The van der Waals surface area contributed by atoms with E-state index in [9.17, 15) is 28.3 Å². The lowest BCUT2D eigenvalue weighted by Crippen LogP contribution is -2.44. The summed E-state index contributed by atoms with van der Waals surface area (Å²) in [5.41, 5.74) is 1.54. The Kier molecular flexibility index (Phi) is 7.13. The van der Waals surface area contributed by atoms with Crippen LogP contribution in [0.3, 0.4) is 0 Å². The van der Waals surface area contributed by atoms with Crippen molar-refractivity contribution in [2.24, 2.45) is 11.8 Å². The van der Waals surface area contributed by atoms with E-state index in [4.69, 9.17) is 4.42 Å². The molecule has 36 heavy (non-hydrogen) atoms. The second-order valence-corrected chi connectivity index (χ2v) is 8.98. The number of nitrogens with one attached hydrogen (secondary N) is 3. The highest BCUT2D eigenvalue weighted by molar-refractivity contribution is 5.95. The van der Waals surface area contributed by atoms with E-state index in [2.05, 4.69) is 25.8 Å². The SMILES string of the molecule is CC(C)C(NC(=O)c1cnc(-c2cccc(-c3cc(C(=O)NC(C(F)F)C4CC4)[nH]n3)c2)o1)C(=O)O. The number of hydrogen-bond acceptors (Lipinski definition) is 6. The minimum Gasteiger partial charge on any atom is -0.480 e. The van der Waals surface area contributed by atoms with Gasteiger partial charge in [-0.25, -0.2) is 18.6 Å². The molecular weight excluding hydrogens is 476 g/mol. The van der Waals surface area contributed by atoms with E-state index in [0.717, 1.165) is 0 Å². The van der Waals surface area contributed by atoms with Crippen molar-refractivity contribution in [3.8, 4) is 22.7 Å². The van der Waals surface area contributed by atoms with Crippen LogP contribution in [0.4, 0.5) is 8.78 Å². The predicted octanol–water partition coefficient (Wildman–Crippen LogP) is 3.34. The lowest BCUT2D eigenvalue weighted by molar-refractivity contribution is -0.140. The van der Waals surface area contributed by atoms with Gasteiger partial charge in [-0.15, -0.1) is 0 Å². The zero-order valence-corrected chi connectivity index (χ0v) is 19.5. The van der Waals surface area contributed by atoms with E-state index in [-0.39, 0.29) is 29.2 Å². The largest absolute Gasteiger partial charge is 0.480 e. The molecule has 2 atom stereocenters. The van der Waals surface area contributed by atoms with Gasteiger partial charge in [-0.2, -0.15) is 5.10 Å². The van der Waals surface area contributed by atoms with Crippen molar-refractivity contribution in [2.45, 2.75) is 45.2 Å². The van der Waals surface area contributed by atoms with Crippen LogP contribution in [0.1, 0.15) is 47.7 Å². The average molecular weight is 501 g/mol. The number of oxazole rings is 1. The predicted molar refractivity (Wildman–Crippen MR) is 123 cm³/mol. The highest BCUT2D eigenvalue weighted by atomic mass is 19.3. The maximum atomic E-state index is 13.2. The molecule has 2 amide bonds. The van der Waals surface area contributed by atoms with Gasteiger partial charge >= 0.3 is 5.97 Å². The Balaban J connectivity index is 1.48. The number of aromatic amines is 1. The molecule has 1 fully saturated rings. The van der Waals surface area contributed by atoms with Crippen LogP contribution < -0.4 is 10.6 Å². The van der Waals surface area contributed by atoms with E-state index >= 15 is 0 Å². The molecule has 10 nitrogen and oxygen atoms in total. The maximum absolute atomic E-state index is 13.2. The van der Waals surface area contributed by atoms with Crippen molar-refractivity contribution in [3.63, 3.8) is 0 Å². The molecule has 0 bridgehead atoms. The molecule has 2 heterocycles. The van der Waals surface area contributed by atoms with Crippen LogP contribution in [0.5, 0.6) is 0 Å². The summed E-state index contributed by atoms with van der Waals surface area (Å²) < 4.78 is 32.0. The molecule has 1 saturated carbocycles. The van der Waals surface area contributed by atoms with Crippen LogP contribution in [-0.4, -0.2) is 56.6 Å². The third kappa shape index (κ3) is 5.58. The van der Waals surface area contributed by atoms with Crippen molar-refractivity contribution in [1.29, 1.82) is 0 Å². The number of aliphatic carboxylic acids is 1. The fourth-order valence-corrected chi connectivity index (χ4v) is 3.71. The summed E-state index contributed by atoms with van der Waals surface area (Å²) in [6.45, 7) is 3.34. The van der Waals surface area contributed by atoms with Crippen LogP contribution in [0.15, 0.2) is 40.9 Å². The van der Waals surface area contributed by atoms with Crippen LogP contribution in [0, 0.1) is 11.8 Å². The number of carboxylic acids is 1. The number of benzene rings is 1. The Hall–Kier alpha value is -4.09. The lowest BCUT2D eigenvalue weighted by atomic mass is 10.0. The van der Waals surface area contributed by atoms with Crippen LogP contribution in [0.25, 0.3) is 22.7 Å². The number of carbonyl (C=O) groups is 3. The minimum absolute atomic E-state index is 0.0509. The standard InChI is InChI=1S/C24H25F2N5O5/c1-11(2)18(24(34)35)28-22(33)17-10-27-23(36-17)14-5-3-4-13(8-14)15-9-16(31-30-15)21(32)29-19(20(25)26)12-6-7-12/h3-5,8-12,18-20H,6-7H2,1-2H3,(H,28,33)(H,29,32)(H,30,31)(H,34,35). The molecule has 0 spiro atoms. The Morgan fingerprint density at radius 2 is 1.83 bits per heavy atom. The highest BCUT2D eigenvalue weighted by Crippen LogP contribution is 2.35. The summed E-state index contributed by atoms with van der Waals surface area (Å²) in [4.78, 5) is 40.3. The first kappa shape index (κ1) is 25.0. The van der Waals surface area contributed by atoms with E-state index < -0.39 is 36.3 Å². The van der Waals surface area contributed by atoms with Gasteiger partial charge in [0.2, 0.25) is 11.7 Å². The molecule has 1 aromatic carbocycles. The molecule has 1 aliphatic carbocycles.